The normalized spacial score (nSPS) is 24.1. The quantitative estimate of drug-likeness (QED) is 0.345. The smallest absolute Gasteiger partial charge is 0.422 e. The molecule has 1 unspecified atom stereocenters. The number of aryl methyl sites for hydroxylation is 1. The van der Waals surface area contributed by atoms with Crippen LogP contribution in [0, 0.1) is 6.92 Å². The van der Waals surface area contributed by atoms with Gasteiger partial charge in [-0.3, -0.25) is 0 Å². The Morgan fingerprint density at radius 2 is 2.20 bits per heavy atom. The van der Waals surface area contributed by atoms with Crippen LogP contribution < -0.4 is 4.74 Å². The van der Waals surface area contributed by atoms with E-state index in [4.69, 9.17) is 9.47 Å². The molecule has 0 amide bonds. The second-order valence-electron chi connectivity index (χ2n) is 3.82. The molecule has 1 aliphatic heterocycles. The molecule has 0 aliphatic carbocycles. The summed E-state index contributed by atoms with van der Waals surface area (Å²) < 4.78 is 11.0. The number of fused-ring (bicyclic) bond motifs is 1. The Labute approximate surface area is 102 Å². The van der Waals surface area contributed by atoms with Gasteiger partial charge in [0.2, 0.25) is 0 Å². The number of carbonyl (C=O) groups is 1. The summed E-state index contributed by atoms with van der Waals surface area (Å²) in [5.41, 5.74) is 1.43. The van der Waals surface area contributed by atoms with E-state index in [2.05, 4.69) is 22.6 Å². The topological polar surface area (TPSA) is 35.5 Å². The van der Waals surface area contributed by atoms with Gasteiger partial charge in [-0.05, 0) is 25.5 Å². The minimum absolute atomic E-state index is 0.571. The van der Waals surface area contributed by atoms with E-state index in [1.165, 1.54) is 0 Å². The standard InChI is InChI=1S/C11H11IO3/c1-7-3-4-8-9(5-7)14-10(13)15-11(8,2)6-12/h3-5H,6H2,1-2H3. The first-order valence-electron chi connectivity index (χ1n) is 4.63. The average Bonchev–Trinajstić information content (AvgIpc) is 2.16. The van der Waals surface area contributed by atoms with E-state index >= 15 is 0 Å². The molecule has 4 heteroatoms. The van der Waals surface area contributed by atoms with Crippen molar-refractivity contribution in [3.8, 4) is 5.75 Å². The zero-order chi connectivity index (χ0) is 11.1. The highest BCUT2D eigenvalue weighted by molar-refractivity contribution is 14.1. The van der Waals surface area contributed by atoms with Crippen molar-refractivity contribution in [2.45, 2.75) is 19.4 Å². The Bertz CT molecular complexity index is 416. The zero-order valence-corrected chi connectivity index (χ0v) is 10.7. The van der Waals surface area contributed by atoms with E-state index in [1.807, 2.05) is 32.0 Å². The van der Waals surface area contributed by atoms with Crippen molar-refractivity contribution in [2.75, 3.05) is 4.43 Å². The van der Waals surface area contributed by atoms with Gasteiger partial charge in [-0.25, -0.2) is 4.79 Å². The van der Waals surface area contributed by atoms with Crippen molar-refractivity contribution in [2.24, 2.45) is 0 Å². The molecule has 0 saturated carbocycles. The van der Waals surface area contributed by atoms with Gasteiger partial charge in [-0.15, -0.1) is 0 Å². The molecule has 80 valence electrons. The molecule has 0 aromatic heterocycles. The molecule has 2 rings (SSSR count). The Balaban J connectivity index is 2.56. The fourth-order valence-electron chi connectivity index (χ4n) is 1.60. The first-order valence-corrected chi connectivity index (χ1v) is 6.16. The Hall–Kier alpha value is -0.780. The number of ether oxygens (including phenoxy) is 2. The maximum absolute atomic E-state index is 11.3. The Morgan fingerprint density at radius 3 is 2.87 bits per heavy atom. The van der Waals surface area contributed by atoms with Crippen LogP contribution in [0.4, 0.5) is 4.79 Å². The fraction of sp³-hybridized carbons (Fsp3) is 0.364. The van der Waals surface area contributed by atoms with Crippen LogP contribution in [0.5, 0.6) is 5.75 Å². The molecule has 0 radical (unpaired) electrons. The fourth-order valence-corrected chi connectivity index (χ4v) is 2.17. The highest BCUT2D eigenvalue weighted by atomic mass is 127. The molecular formula is C11H11IO3. The Kier molecular flexibility index (Phi) is 2.62. The highest BCUT2D eigenvalue weighted by Crippen LogP contribution is 2.39. The molecule has 1 aromatic rings. The number of rotatable bonds is 1. The van der Waals surface area contributed by atoms with Crippen LogP contribution in [0.3, 0.4) is 0 Å². The molecule has 1 aliphatic rings. The molecule has 1 heterocycles. The summed E-state index contributed by atoms with van der Waals surface area (Å²) in [6.07, 6.45) is -0.618. The molecule has 1 aromatic carbocycles. The van der Waals surface area contributed by atoms with Crippen molar-refractivity contribution in [1.29, 1.82) is 0 Å². The van der Waals surface area contributed by atoms with E-state index < -0.39 is 11.8 Å². The second-order valence-corrected chi connectivity index (χ2v) is 4.58. The van der Waals surface area contributed by atoms with Crippen molar-refractivity contribution in [3.63, 3.8) is 0 Å². The van der Waals surface area contributed by atoms with Crippen LogP contribution in [0.25, 0.3) is 0 Å². The van der Waals surface area contributed by atoms with Crippen molar-refractivity contribution in [1.82, 2.24) is 0 Å². The molecule has 0 N–H and O–H groups in total. The third-order valence-corrected chi connectivity index (χ3v) is 3.92. The number of alkyl halides is 1. The number of hydrogen-bond acceptors (Lipinski definition) is 3. The Morgan fingerprint density at radius 1 is 1.47 bits per heavy atom. The molecule has 0 saturated heterocycles. The van der Waals surface area contributed by atoms with Gasteiger partial charge in [0.1, 0.15) is 5.75 Å². The van der Waals surface area contributed by atoms with Crippen LogP contribution in [0.2, 0.25) is 0 Å². The first kappa shape index (κ1) is 10.7. The van der Waals surface area contributed by atoms with E-state index in [-0.39, 0.29) is 0 Å². The lowest BCUT2D eigenvalue weighted by atomic mass is 9.95. The molecule has 0 bridgehead atoms. The first-order chi connectivity index (χ1) is 7.05. The number of carbonyl (C=O) groups excluding carboxylic acids is 1. The summed E-state index contributed by atoms with van der Waals surface area (Å²) in [5, 5.41) is 0. The van der Waals surface area contributed by atoms with Crippen LogP contribution in [0.15, 0.2) is 18.2 Å². The summed E-state index contributed by atoms with van der Waals surface area (Å²) in [6, 6.07) is 5.81. The van der Waals surface area contributed by atoms with E-state index in [1.54, 1.807) is 0 Å². The molecule has 0 spiro atoms. The third-order valence-electron chi connectivity index (χ3n) is 2.46. The molecule has 3 nitrogen and oxygen atoms in total. The summed E-state index contributed by atoms with van der Waals surface area (Å²) in [7, 11) is 0. The molecule has 0 fully saturated rings. The van der Waals surface area contributed by atoms with Gasteiger partial charge in [0.25, 0.3) is 0 Å². The van der Waals surface area contributed by atoms with Gasteiger partial charge in [0.15, 0.2) is 5.60 Å². The van der Waals surface area contributed by atoms with Crippen molar-refractivity contribution < 1.29 is 14.3 Å². The number of benzene rings is 1. The third kappa shape index (κ3) is 1.82. The minimum atomic E-state index is -0.618. The molecular weight excluding hydrogens is 307 g/mol. The lowest BCUT2D eigenvalue weighted by Crippen LogP contribution is -2.37. The van der Waals surface area contributed by atoms with Gasteiger partial charge in [-0.1, -0.05) is 34.7 Å². The number of halogens is 1. The highest BCUT2D eigenvalue weighted by Gasteiger charge is 2.38. The van der Waals surface area contributed by atoms with Gasteiger partial charge in [0.05, 0.1) is 0 Å². The predicted molar refractivity (Wildman–Crippen MR) is 64.5 cm³/mol. The minimum Gasteiger partial charge on any atom is -0.422 e. The lowest BCUT2D eigenvalue weighted by Gasteiger charge is -2.33. The average molecular weight is 318 g/mol. The largest absolute Gasteiger partial charge is 0.514 e. The summed E-state index contributed by atoms with van der Waals surface area (Å²) in [5.74, 6) is 0.616. The maximum atomic E-state index is 11.3. The zero-order valence-electron chi connectivity index (χ0n) is 8.54. The molecule has 1 atom stereocenters. The van der Waals surface area contributed by atoms with E-state index in [0.717, 1.165) is 11.1 Å². The maximum Gasteiger partial charge on any atom is 0.514 e. The van der Waals surface area contributed by atoms with Crippen LogP contribution in [-0.2, 0) is 10.3 Å². The van der Waals surface area contributed by atoms with Gasteiger partial charge in [0, 0.05) is 9.99 Å². The van der Waals surface area contributed by atoms with Gasteiger partial charge >= 0.3 is 6.16 Å². The summed E-state index contributed by atoms with van der Waals surface area (Å²) in [6.45, 7) is 3.86. The molecule has 15 heavy (non-hydrogen) atoms. The van der Waals surface area contributed by atoms with Crippen molar-refractivity contribution >= 4 is 28.7 Å². The van der Waals surface area contributed by atoms with Gasteiger partial charge < -0.3 is 9.47 Å². The van der Waals surface area contributed by atoms with Gasteiger partial charge in [-0.2, -0.15) is 0 Å². The predicted octanol–water partition coefficient (Wildman–Crippen LogP) is 3.17. The SMILES string of the molecule is Cc1ccc2c(c1)OC(=O)OC2(C)CI. The van der Waals surface area contributed by atoms with Crippen LogP contribution >= 0.6 is 22.6 Å². The monoisotopic (exact) mass is 318 g/mol. The number of hydrogen-bond donors (Lipinski definition) is 0. The van der Waals surface area contributed by atoms with E-state index in [0.29, 0.717) is 10.2 Å². The van der Waals surface area contributed by atoms with Crippen LogP contribution in [0.1, 0.15) is 18.1 Å². The lowest BCUT2D eigenvalue weighted by molar-refractivity contribution is -0.00614. The van der Waals surface area contributed by atoms with E-state index in [9.17, 15) is 4.79 Å². The second kappa shape index (κ2) is 3.66. The summed E-state index contributed by atoms with van der Waals surface area (Å²) in [4.78, 5) is 11.3. The van der Waals surface area contributed by atoms with Crippen LogP contribution in [-0.4, -0.2) is 10.6 Å². The van der Waals surface area contributed by atoms with Crippen molar-refractivity contribution in [3.05, 3.63) is 29.3 Å². The summed E-state index contributed by atoms with van der Waals surface area (Å²) >= 11 is 2.21. The number of cyclic esters (lactones) is 1.